The molecule has 0 aliphatic heterocycles. The van der Waals surface area contributed by atoms with Crippen LogP contribution in [0, 0.1) is 0 Å². The van der Waals surface area contributed by atoms with Crippen LogP contribution in [-0.4, -0.2) is 17.6 Å². The van der Waals surface area contributed by atoms with Gasteiger partial charge in [-0.05, 0) is 29.7 Å². The van der Waals surface area contributed by atoms with Gasteiger partial charge in [0, 0.05) is 0 Å². The van der Waals surface area contributed by atoms with E-state index in [0.717, 1.165) is 15.9 Å². The van der Waals surface area contributed by atoms with E-state index in [-0.39, 0.29) is 6.61 Å². The summed E-state index contributed by atoms with van der Waals surface area (Å²) in [6.45, 7) is -2.29. The zero-order chi connectivity index (χ0) is 20.0. The molecule has 0 N–H and O–H groups in total. The van der Waals surface area contributed by atoms with E-state index >= 15 is 0 Å². The topological polar surface area (TPSA) is 26.3 Å². The zero-order valence-corrected chi connectivity index (χ0v) is 18.6. The molecule has 3 aromatic carbocycles. The van der Waals surface area contributed by atoms with Crippen molar-refractivity contribution in [2.24, 2.45) is 0 Å². The Morgan fingerprint density at radius 3 is 1.43 bits per heavy atom. The lowest BCUT2D eigenvalue weighted by Gasteiger charge is -2.32. The number of halogens is 2. The molecule has 0 aliphatic carbocycles. The lowest BCUT2D eigenvalue weighted by molar-refractivity contribution is -0.134. The third-order valence-corrected chi connectivity index (χ3v) is 12.1. The molecule has 0 atom stereocenters. The fourth-order valence-corrected chi connectivity index (χ4v) is 11.7. The number of carbonyl (C=O) groups is 1. The summed E-state index contributed by atoms with van der Waals surface area (Å²) >= 11 is 13.1. The molecule has 144 valence electrons. The minimum atomic E-state index is -2.60. The Kier molecular flexibility index (Phi) is 7.38. The molecule has 0 amide bonds. The molecule has 2 nitrogen and oxygen atoms in total. The van der Waals surface area contributed by atoms with Gasteiger partial charge >= 0.3 is 5.97 Å². The predicted molar refractivity (Wildman–Crippen MR) is 125 cm³/mol. The first kappa shape index (κ1) is 21.2. The first-order valence-electron chi connectivity index (χ1n) is 8.84. The normalized spacial score (nSPS) is 11.3. The Labute approximate surface area is 176 Å². The summed E-state index contributed by atoms with van der Waals surface area (Å²) in [6, 6.07) is 30.0. The van der Waals surface area contributed by atoms with E-state index in [2.05, 4.69) is 0 Å². The standard InChI is InChI=1S/C22H20Cl2O2P2/c1-2-26-21(25)22(27(23)24)28(18-12-6-3-7-13-18,19-14-8-4-9-15-19)20-16-10-5-11-17-20/h3-17H,2H2,1H3. The van der Waals surface area contributed by atoms with Gasteiger partial charge in [-0.1, -0.05) is 113 Å². The molecule has 28 heavy (non-hydrogen) atoms. The third-order valence-electron chi connectivity index (χ3n) is 4.37. The molecule has 0 radical (unpaired) electrons. The Hall–Kier alpha value is -1.56. The molecular formula is C22H20Cl2O2P2. The van der Waals surface area contributed by atoms with Gasteiger partial charge in [0.2, 0.25) is 0 Å². The van der Waals surface area contributed by atoms with Crippen LogP contribution in [0.2, 0.25) is 0 Å². The Morgan fingerprint density at radius 1 is 0.786 bits per heavy atom. The minimum absolute atomic E-state index is 0.262. The molecule has 0 bridgehead atoms. The van der Waals surface area contributed by atoms with E-state index in [1.54, 1.807) is 6.92 Å². The zero-order valence-electron chi connectivity index (χ0n) is 15.3. The lowest BCUT2D eigenvalue weighted by Crippen LogP contribution is -2.32. The van der Waals surface area contributed by atoms with Crippen LogP contribution in [0.4, 0.5) is 0 Å². The SMILES string of the molecule is CCOC(=O)C(P(Cl)Cl)=P(c1ccccc1)(c1ccccc1)c1ccccc1. The number of hydrogen-bond acceptors (Lipinski definition) is 2. The highest BCUT2D eigenvalue weighted by molar-refractivity contribution is 8.25. The Morgan fingerprint density at radius 2 is 1.14 bits per heavy atom. The maximum absolute atomic E-state index is 13.2. The molecule has 3 aromatic rings. The molecule has 6 heteroatoms. The minimum Gasteiger partial charge on any atom is -0.462 e. The molecule has 0 unspecified atom stereocenters. The number of ether oxygens (including phenoxy) is 1. The predicted octanol–water partition coefficient (Wildman–Crippen LogP) is 5.46. The van der Waals surface area contributed by atoms with Gasteiger partial charge < -0.3 is 4.74 Å². The maximum atomic E-state index is 13.2. The summed E-state index contributed by atoms with van der Waals surface area (Å²) in [7, 11) is 0. The van der Waals surface area contributed by atoms with Crippen molar-refractivity contribution < 1.29 is 9.53 Å². The maximum Gasteiger partial charge on any atom is 0.342 e. The van der Waals surface area contributed by atoms with E-state index in [4.69, 9.17) is 27.2 Å². The highest BCUT2D eigenvalue weighted by Crippen LogP contribution is 2.60. The molecule has 0 aliphatic rings. The smallest absolute Gasteiger partial charge is 0.342 e. The molecule has 0 aromatic heterocycles. The summed E-state index contributed by atoms with van der Waals surface area (Å²) in [6.07, 6.45) is 0. The average Bonchev–Trinajstić information content (AvgIpc) is 2.73. The largest absolute Gasteiger partial charge is 0.462 e. The second-order valence-electron chi connectivity index (χ2n) is 5.95. The molecule has 0 saturated heterocycles. The number of carbonyl (C=O) groups excluding carboxylic acids is 1. The molecule has 0 fully saturated rings. The van der Waals surface area contributed by atoms with Crippen molar-refractivity contribution in [1.82, 2.24) is 0 Å². The van der Waals surface area contributed by atoms with Gasteiger partial charge in [0.15, 0.2) is 0 Å². The van der Waals surface area contributed by atoms with Gasteiger partial charge in [0.05, 0.1) is 6.61 Å². The van der Waals surface area contributed by atoms with Crippen molar-refractivity contribution in [2.45, 2.75) is 6.92 Å². The summed E-state index contributed by atoms with van der Waals surface area (Å²) in [5, 5.41) is 3.51. The monoisotopic (exact) mass is 448 g/mol. The van der Waals surface area contributed by atoms with Gasteiger partial charge in [-0.25, -0.2) is 4.79 Å². The summed E-state index contributed by atoms with van der Waals surface area (Å²) < 4.78 is 5.43. The summed E-state index contributed by atoms with van der Waals surface area (Å²) in [5.74, 6) is -0.427. The number of benzene rings is 3. The van der Waals surface area contributed by atoms with Crippen LogP contribution >= 0.6 is 36.0 Å². The molecule has 0 spiro atoms. The Bertz CT molecular complexity index is 872. The molecule has 0 saturated carbocycles. The van der Waals surface area contributed by atoms with Crippen molar-refractivity contribution in [3.63, 3.8) is 0 Å². The molecule has 3 rings (SSSR count). The quantitative estimate of drug-likeness (QED) is 0.369. The fraction of sp³-hybridized carbons (Fsp3) is 0.0909. The van der Waals surface area contributed by atoms with Gasteiger partial charge in [-0.2, -0.15) is 0 Å². The highest BCUT2D eigenvalue weighted by Gasteiger charge is 2.37. The first-order valence-corrected chi connectivity index (χ1v) is 13.8. The Balaban J connectivity index is 2.58. The van der Waals surface area contributed by atoms with Crippen molar-refractivity contribution in [1.29, 1.82) is 0 Å². The van der Waals surface area contributed by atoms with E-state index in [1.807, 2.05) is 91.0 Å². The summed E-state index contributed by atoms with van der Waals surface area (Å²) in [4.78, 5) is 13.2. The van der Waals surface area contributed by atoms with E-state index < -0.39 is 19.5 Å². The second-order valence-corrected chi connectivity index (χ2v) is 13.1. The number of hydrogen-bond donors (Lipinski definition) is 0. The van der Waals surface area contributed by atoms with Gasteiger partial charge in [0.25, 0.3) is 0 Å². The van der Waals surface area contributed by atoms with Gasteiger partial charge in [0.1, 0.15) is 11.7 Å². The summed E-state index contributed by atoms with van der Waals surface area (Å²) in [5.41, 5.74) is 0. The van der Waals surface area contributed by atoms with Crippen molar-refractivity contribution in [3.05, 3.63) is 91.0 Å². The van der Waals surface area contributed by atoms with Crippen LogP contribution < -0.4 is 15.9 Å². The molecule has 0 heterocycles. The van der Waals surface area contributed by atoms with Gasteiger partial charge in [-0.15, -0.1) is 0 Å². The van der Waals surface area contributed by atoms with Crippen LogP contribution in [0.5, 0.6) is 0 Å². The lowest BCUT2D eigenvalue weighted by atomic mass is 10.4. The average molecular weight is 449 g/mol. The fourth-order valence-electron chi connectivity index (χ4n) is 3.28. The van der Waals surface area contributed by atoms with Crippen LogP contribution in [0.15, 0.2) is 91.0 Å². The number of rotatable bonds is 6. The third kappa shape index (κ3) is 4.07. The van der Waals surface area contributed by atoms with Crippen LogP contribution in [-0.2, 0) is 9.53 Å². The highest BCUT2D eigenvalue weighted by atomic mass is 35.9. The van der Waals surface area contributed by atoms with Crippen LogP contribution in [0.1, 0.15) is 6.92 Å². The number of esters is 1. The van der Waals surface area contributed by atoms with Crippen molar-refractivity contribution in [2.75, 3.05) is 6.61 Å². The van der Waals surface area contributed by atoms with E-state index in [9.17, 15) is 4.79 Å². The van der Waals surface area contributed by atoms with E-state index in [1.165, 1.54) is 0 Å². The van der Waals surface area contributed by atoms with Crippen LogP contribution in [0.25, 0.3) is 0 Å². The first-order chi connectivity index (χ1) is 13.6. The van der Waals surface area contributed by atoms with E-state index in [0.29, 0.717) is 5.03 Å². The molecular weight excluding hydrogens is 429 g/mol. The van der Waals surface area contributed by atoms with Crippen molar-refractivity contribution in [3.8, 4) is 0 Å². The van der Waals surface area contributed by atoms with Gasteiger partial charge in [-0.3, -0.25) is 0 Å². The second kappa shape index (κ2) is 9.77. The van der Waals surface area contributed by atoms with Crippen molar-refractivity contribution >= 4 is 62.9 Å². The van der Waals surface area contributed by atoms with Crippen LogP contribution in [0.3, 0.4) is 0 Å².